The van der Waals surface area contributed by atoms with Crippen molar-refractivity contribution in [3.05, 3.63) is 12.4 Å². The van der Waals surface area contributed by atoms with Gasteiger partial charge in [-0.3, -0.25) is 0 Å². The Morgan fingerprint density at radius 2 is 1.60 bits per heavy atom. The molecule has 0 atom stereocenters. The van der Waals surface area contributed by atoms with E-state index in [4.69, 9.17) is 4.74 Å². The zero-order valence-corrected chi connectivity index (χ0v) is 15.6. The zero-order chi connectivity index (χ0) is 17.7. The highest BCUT2D eigenvalue weighted by atomic mass is 32.2. The largest absolute Gasteiger partial charge is 0.378 e. The first-order valence-corrected chi connectivity index (χ1v) is 10.6. The van der Waals surface area contributed by atoms with Gasteiger partial charge in [0.25, 0.3) is 0 Å². The van der Waals surface area contributed by atoms with Crippen LogP contribution in [0.4, 0.5) is 11.6 Å². The quantitative estimate of drug-likeness (QED) is 0.725. The standard InChI is InChI=1S/C16H27N5O3S/c1-2-3-12-25(22,23)21-6-4-19(5-7-21)15-13-16(18-14-17-15)20-8-10-24-11-9-20/h13-14H,2-12H2,1H3. The van der Waals surface area contributed by atoms with Crippen LogP contribution in [0.1, 0.15) is 19.8 Å². The molecular formula is C16H27N5O3S. The van der Waals surface area contributed by atoms with Crippen molar-refractivity contribution in [2.45, 2.75) is 19.8 Å². The second-order valence-corrected chi connectivity index (χ2v) is 8.48. The molecule has 2 fully saturated rings. The summed E-state index contributed by atoms with van der Waals surface area (Å²) in [5, 5.41) is 0. The van der Waals surface area contributed by atoms with Crippen LogP contribution in [-0.4, -0.2) is 80.9 Å². The van der Waals surface area contributed by atoms with E-state index < -0.39 is 10.0 Å². The fourth-order valence-corrected chi connectivity index (χ4v) is 4.76. The number of aromatic nitrogens is 2. The molecule has 0 spiro atoms. The Labute approximate surface area is 149 Å². The van der Waals surface area contributed by atoms with Gasteiger partial charge in [-0.15, -0.1) is 0 Å². The molecular weight excluding hydrogens is 342 g/mol. The van der Waals surface area contributed by atoms with Crippen LogP contribution in [0.5, 0.6) is 0 Å². The van der Waals surface area contributed by atoms with Gasteiger partial charge in [-0.25, -0.2) is 18.4 Å². The highest BCUT2D eigenvalue weighted by Gasteiger charge is 2.27. The van der Waals surface area contributed by atoms with Gasteiger partial charge in [0.15, 0.2) is 0 Å². The van der Waals surface area contributed by atoms with Gasteiger partial charge in [-0.05, 0) is 6.42 Å². The second kappa shape index (κ2) is 8.29. The lowest BCUT2D eigenvalue weighted by atomic mass is 10.3. The lowest BCUT2D eigenvalue weighted by Gasteiger charge is -2.35. The van der Waals surface area contributed by atoms with Crippen LogP contribution >= 0.6 is 0 Å². The van der Waals surface area contributed by atoms with Crippen LogP contribution in [0.3, 0.4) is 0 Å². The van der Waals surface area contributed by atoms with Gasteiger partial charge in [0, 0.05) is 45.3 Å². The summed E-state index contributed by atoms with van der Waals surface area (Å²) in [6, 6.07) is 1.99. The van der Waals surface area contributed by atoms with Gasteiger partial charge in [0.05, 0.1) is 19.0 Å². The smallest absolute Gasteiger partial charge is 0.214 e. The molecule has 3 rings (SSSR count). The van der Waals surface area contributed by atoms with E-state index in [1.165, 1.54) is 0 Å². The van der Waals surface area contributed by atoms with Crippen molar-refractivity contribution in [3.63, 3.8) is 0 Å². The van der Waals surface area contributed by atoms with Crippen molar-refractivity contribution in [2.75, 3.05) is 68.0 Å². The summed E-state index contributed by atoms with van der Waals surface area (Å²) >= 11 is 0. The van der Waals surface area contributed by atoms with Gasteiger partial charge < -0.3 is 14.5 Å². The Kier molecular flexibility index (Phi) is 6.08. The molecule has 8 nitrogen and oxygen atoms in total. The number of piperazine rings is 1. The van der Waals surface area contributed by atoms with Crippen LogP contribution in [0.15, 0.2) is 12.4 Å². The van der Waals surface area contributed by atoms with Crippen molar-refractivity contribution in [1.29, 1.82) is 0 Å². The van der Waals surface area contributed by atoms with E-state index >= 15 is 0 Å². The third-order valence-corrected chi connectivity index (χ3v) is 6.64. The molecule has 2 aliphatic rings. The highest BCUT2D eigenvalue weighted by molar-refractivity contribution is 7.89. The van der Waals surface area contributed by atoms with Crippen LogP contribution < -0.4 is 9.80 Å². The molecule has 2 saturated heterocycles. The van der Waals surface area contributed by atoms with Crippen molar-refractivity contribution in [2.24, 2.45) is 0 Å². The molecule has 1 aromatic heterocycles. The summed E-state index contributed by atoms with van der Waals surface area (Å²) < 4.78 is 31.6. The van der Waals surface area contributed by atoms with Crippen molar-refractivity contribution >= 4 is 21.7 Å². The van der Waals surface area contributed by atoms with Crippen LogP contribution in [0.2, 0.25) is 0 Å². The molecule has 2 aliphatic heterocycles. The monoisotopic (exact) mass is 369 g/mol. The number of morpholine rings is 1. The summed E-state index contributed by atoms with van der Waals surface area (Å²) in [6.45, 7) is 7.46. The number of anilines is 2. The number of hydrogen-bond acceptors (Lipinski definition) is 7. The summed E-state index contributed by atoms with van der Waals surface area (Å²) in [4.78, 5) is 13.1. The summed E-state index contributed by atoms with van der Waals surface area (Å²) in [6.07, 6.45) is 3.20. The first kappa shape index (κ1) is 18.3. The molecule has 0 bridgehead atoms. The summed E-state index contributed by atoms with van der Waals surface area (Å²) in [5.41, 5.74) is 0. The average Bonchev–Trinajstić information content (AvgIpc) is 2.67. The molecule has 0 radical (unpaired) electrons. The third kappa shape index (κ3) is 4.59. The van der Waals surface area contributed by atoms with E-state index in [9.17, 15) is 8.42 Å². The minimum atomic E-state index is -3.12. The van der Waals surface area contributed by atoms with E-state index in [2.05, 4.69) is 19.8 Å². The lowest BCUT2D eigenvalue weighted by molar-refractivity contribution is 0.122. The number of hydrogen-bond donors (Lipinski definition) is 0. The van der Waals surface area contributed by atoms with Crippen LogP contribution in [-0.2, 0) is 14.8 Å². The van der Waals surface area contributed by atoms with E-state index in [1.807, 2.05) is 13.0 Å². The Morgan fingerprint density at radius 3 is 2.20 bits per heavy atom. The predicted octanol–water partition coefficient (Wildman–Crippen LogP) is 0.565. The topological polar surface area (TPSA) is 78.9 Å². The van der Waals surface area contributed by atoms with Crippen LogP contribution in [0.25, 0.3) is 0 Å². The van der Waals surface area contributed by atoms with E-state index in [-0.39, 0.29) is 5.75 Å². The molecule has 9 heteroatoms. The van der Waals surface area contributed by atoms with Crippen LogP contribution in [0, 0.1) is 0 Å². The lowest BCUT2D eigenvalue weighted by Crippen LogP contribution is -2.49. The van der Waals surface area contributed by atoms with Gasteiger partial charge in [0.1, 0.15) is 18.0 Å². The Balaban J connectivity index is 1.61. The summed E-state index contributed by atoms with van der Waals surface area (Å²) in [5.74, 6) is 2.02. The maximum atomic E-state index is 12.3. The fraction of sp³-hybridized carbons (Fsp3) is 0.750. The van der Waals surface area contributed by atoms with E-state index in [0.717, 1.165) is 37.6 Å². The molecule has 0 N–H and O–H groups in total. The van der Waals surface area contributed by atoms with Crippen molar-refractivity contribution in [3.8, 4) is 0 Å². The first-order chi connectivity index (χ1) is 12.1. The zero-order valence-electron chi connectivity index (χ0n) is 14.8. The molecule has 1 aromatic rings. The maximum absolute atomic E-state index is 12.3. The molecule has 0 amide bonds. The minimum absolute atomic E-state index is 0.248. The SMILES string of the molecule is CCCCS(=O)(=O)N1CCN(c2cc(N3CCOCC3)ncn2)CC1. The van der Waals surface area contributed by atoms with Crippen molar-refractivity contribution < 1.29 is 13.2 Å². The fourth-order valence-electron chi connectivity index (χ4n) is 3.13. The predicted molar refractivity (Wildman–Crippen MR) is 97.5 cm³/mol. The molecule has 0 saturated carbocycles. The van der Waals surface area contributed by atoms with Gasteiger partial charge >= 0.3 is 0 Å². The molecule has 3 heterocycles. The van der Waals surface area contributed by atoms with E-state index in [0.29, 0.717) is 39.4 Å². The molecule has 140 valence electrons. The molecule has 25 heavy (non-hydrogen) atoms. The number of unbranched alkanes of at least 4 members (excludes halogenated alkanes) is 1. The van der Waals surface area contributed by atoms with E-state index in [1.54, 1.807) is 10.6 Å². The third-order valence-electron chi connectivity index (χ3n) is 4.69. The molecule has 0 unspecified atom stereocenters. The summed E-state index contributed by atoms with van der Waals surface area (Å²) in [7, 11) is -3.12. The van der Waals surface area contributed by atoms with Gasteiger partial charge in [0.2, 0.25) is 10.0 Å². The van der Waals surface area contributed by atoms with Gasteiger partial charge in [-0.1, -0.05) is 13.3 Å². The first-order valence-electron chi connectivity index (χ1n) is 8.97. The number of sulfonamides is 1. The van der Waals surface area contributed by atoms with Crippen molar-refractivity contribution in [1.82, 2.24) is 14.3 Å². The minimum Gasteiger partial charge on any atom is -0.378 e. The highest BCUT2D eigenvalue weighted by Crippen LogP contribution is 2.20. The number of nitrogens with zero attached hydrogens (tertiary/aromatic N) is 5. The maximum Gasteiger partial charge on any atom is 0.214 e. The Morgan fingerprint density at radius 1 is 1.00 bits per heavy atom. The normalized spacial score (nSPS) is 20.0. The average molecular weight is 369 g/mol. The number of ether oxygens (including phenoxy) is 1. The molecule has 0 aliphatic carbocycles. The Hall–Kier alpha value is -1.45. The Bertz CT molecular complexity index is 655. The number of rotatable bonds is 6. The molecule has 0 aromatic carbocycles. The second-order valence-electron chi connectivity index (χ2n) is 6.39. The van der Waals surface area contributed by atoms with Gasteiger partial charge in [-0.2, -0.15) is 4.31 Å².